The summed E-state index contributed by atoms with van der Waals surface area (Å²) in [6.45, 7) is 0.233. The molecule has 0 saturated carbocycles. The van der Waals surface area contributed by atoms with Gasteiger partial charge in [0.05, 0.1) is 12.7 Å². The molecule has 0 N–H and O–H groups in total. The predicted molar refractivity (Wildman–Crippen MR) is 79.7 cm³/mol. The zero-order valence-corrected chi connectivity index (χ0v) is 13.0. The molecule has 0 aliphatic rings. The molecular formula is C16H15F3N2O3. The number of alkyl halides is 3. The van der Waals surface area contributed by atoms with Crippen LogP contribution in [0, 0.1) is 0 Å². The van der Waals surface area contributed by atoms with Gasteiger partial charge in [-0.05, 0) is 23.8 Å². The Balaban J connectivity index is 2.00. The molecule has 1 aromatic carbocycles. The number of methoxy groups -OCH3 is 1. The van der Waals surface area contributed by atoms with E-state index in [0.29, 0.717) is 17.0 Å². The number of pyridine rings is 1. The minimum absolute atomic E-state index is 0.233. The average molecular weight is 340 g/mol. The topological polar surface area (TPSA) is 51.7 Å². The number of aromatic nitrogens is 1. The van der Waals surface area contributed by atoms with Crippen LogP contribution < -0.4 is 9.47 Å². The van der Waals surface area contributed by atoms with Crippen molar-refractivity contribution in [1.29, 1.82) is 0 Å². The van der Waals surface area contributed by atoms with Gasteiger partial charge >= 0.3 is 6.36 Å². The lowest BCUT2D eigenvalue weighted by atomic mass is 10.2. The molecule has 1 heterocycles. The van der Waals surface area contributed by atoms with Gasteiger partial charge in [-0.1, -0.05) is 12.1 Å². The lowest BCUT2D eigenvalue weighted by Crippen LogP contribution is -2.26. The average Bonchev–Trinajstić information content (AvgIpc) is 2.54. The second-order valence-corrected chi connectivity index (χ2v) is 4.94. The van der Waals surface area contributed by atoms with Gasteiger partial charge in [0.2, 0.25) is 5.88 Å². The molecule has 0 aliphatic carbocycles. The first-order valence-electron chi connectivity index (χ1n) is 6.88. The Bertz CT molecular complexity index is 685. The van der Waals surface area contributed by atoms with E-state index in [2.05, 4.69) is 9.72 Å². The number of rotatable bonds is 5. The molecule has 0 unspecified atom stereocenters. The van der Waals surface area contributed by atoms with Crippen LogP contribution in [0.25, 0.3) is 0 Å². The summed E-state index contributed by atoms with van der Waals surface area (Å²) in [5.41, 5.74) is 1.05. The number of benzene rings is 1. The van der Waals surface area contributed by atoms with Crippen LogP contribution in [0.5, 0.6) is 11.6 Å². The Hall–Kier alpha value is -2.77. The lowest BCUT2D eigenvalue weighted by molar-refractivity contribution is -0.274. The molecule has 0 spiro atoms. The normalized spacial score (nSPS) is 11.0. The summed E-state index contributed by atoms with van der Waals surface area (Å²) < 4.78 is 45.1. The molecule has 8 heteroatoms. The molecule has 1 amide bonds. The van der Waals surface area contributed by atoms with Crippen molar-refractivity contribution < 1.29 is 27.4 Å². The third-order valence-corrected chi connectivity index (χ3v) is 3.12. The fourth-order valence-corrected chi connectivity index (χ4v) is 1.99. The number of carbonyl (C=O) groups is 1. The van der Waals surface area contributed by atoms with Crippen molar-refractivity contribution in [2.75, 3.05) is 14.2 Å². The summed E-state index contributed by atoms with van der Waals surface area (Å²) in [6.07, 6.45) is -3.33. The van der Waals surface area contributed by atoms with Gasteiger partial charge in [-0.3, -0.25) is 4.79 Å². The van der Waals surface area contributed by atoms with Crippen LogP contribution in [0.2, 0.25) is 0 Å². The van der Waals surface area contributed by atoms with Gasteiger partial charge in [0.25, 0.3) is 5.91 Å². The van der Waals surface area contributed by atoms with Crippen molar-refractivity contribution in [1.82, 2.24) is 9.88 Å². The highest BCUT2D eigenvalue weighted by Gasteiger charge is 2.30. The molecule has 0 radical (unpaired) electrons. The third-order valence-electron chi connectivity index (χ3n) is 3.12. The minimum Gasteiger partial charge on any atom is -0.481 e. The van der Waals surface area contributed by atoms with Crippen LogP contribution in [0.1, 0.15) is 15.9 Å². The maximum absolute atomic E-state index is 12.3. The number of hydrogen-bond donors (Lipinski definition) is 0. The molecule has 2 rings (SSSR count). The van der Waals surface area contributed by atoms with Gasteiger partial charge in [-0.15, -0.1) is 13.2 Å². The van der Waals surface area contributed by atoms with Crippen molar-refractivity contribution in [3.63, 3.8) is 0 Å². The van der Waals surface area contributed by atoms with Crippen LogP contribution >= 0.6 is 0 Å². The molecule has 0 aliphatic heterocycles. The van der Waals surface area contributed by atoms with Crippen LogP contribution in [0.4, 0.5) is 13.2 Å². The summed E-state index contributed by atoms with van der Waals surface area (Å²) in [5, 5.41) is 0. The molecule has 2 aromatic rings. The standard InChI is InChI=1S/C16H15F3N2O3/c1-21(15(22)12-5-8-14(23-2)20-9-12)10-11-3-6-13(7-4-11)24-16(17,18)19/h3-9H,10H2,1-2H3. The molecule has 5 nitrogen and oxygen atoms in total. The van der Waals surface area contributed by atoms with E-state index < -0.39 is 6.36 Å². The van der Waals surface area contributed by atoms with E-state index in [1.807, 2.05) is 0 Å². The first-order chi connectivity index (χ1) is 11.3. The third kappa shape index (κ3) is 4.87. The van der Waals surface area contributed by atoms with Gasteiger partial charge < -0.3 is 14.4 Å². The number of nitrogens with zero attached hydrogens (tertiary/aromatic N) is 2. The minimum atomic E-state index is -4.73. The second kappa shape index (κ2) is 7.20. The summed E-state index contributed by atoms with van der Waals surface area (Å²) >= 11 is 0. The number of ether oxygens (including phenoxy) is 2. The molecule has 0 saturated heterocycles. The van der Waals surface area contributed by atoms with E-state index in [4.69, 9.17) is 4.74 Å². The zero-order chi connectivity index (χ0) is 17.7. The Morgan fingerprint density at radius 3 is 2.33 bits per heavy atom. The number of amides is 1. The maximum Gasteiger partial charge on any atom is 0.573 e. The van der Waals surface area contributed by atoms with Crippen LogP contribution in [-0.2, 0) is 6.54 Å². The van der Waals surface area contributed by atoms with E-state index >= 15 is 0 Å². The smallest absolute Gasteiger partial charge is 0.481 e. The summed E-state index contributed by atoms with van der Waals surface area (Å²) in [7, 11) is 3.06. The zero-order valence-electron chi connectivity index (χ0n) is 13.0. The van der Waals surface area contributed by atoms with E-state index in [9.17, 15) is 18.0 Å². The van der Waals surface area contributed by atoms with Crippen molar-refractivity contribution in [2.45, 2.75) is 12.9 Å². The Labute approximate surface area is 136 Å². The van der Waals surface area contributed by atoms with E-state index in [0.717, 1.165) is 0 Å². The van der Waals surface area contributed by atoms with Crippen molar-refractivity contribution in [3.8, 4) is 11.6 Å². The molecule has 0 atom stereocenters. The van der Waals surface area contributed by atoms with Gasteiger partial charge in [0.1, 0.15) is 5.75 Å². The Morgan fingerprint density at radius 1 is 1.17 bits per heavy atom. The monoisotopic (exact) mass is 340 g/mol. The van der Waals surface area contributed by atoms with Crippen molar-refractivity contribution in [2.24, 2.45) is 0 Å². The first-order valence-corrected chi connectivity index (χ1v) is 6.88. The molecule has 24 heavy (non-hydrogen) atoms. The predicted octanol–water partition coefficient (Wildman–Crippen LogP) is 3.26. The van der Waals surface area contributed by atoms with Crippen LogP contribution in [-0.4, -0.2) is 36.3 Å². The lowest BCUT2D eigenvalue weighted by Gasteiger charge is -2.17. The molecule has 128 valence electrons. The second-order valence-electron chi connectivity index (χ2n) is 4.94. The van der Waals surface area contributed by atoms with E-state index in [1.54, 1.807) is 19.2 Å². The Morgan fingerprint density at radius 2 is 1.83 bits per heavy atom. The van der Waals surface area contributed by atoms with E-state index in [1.165, 1.54) is 42.5 Å². The number of halogens is 3. The van der Waals surface area contributed by atoms with Gasteiger partial charge in [-0.25, -0.2) is 4.98 Å². The van der Waals surface area contributed by atoms with Crippen LogP contribution in [0.3, 0.4) is 0 Å². The fourth-order valence-electron chi connectivity index (χ4n) is 1.99. The van der Waals surface area contributed by atoms with E-state index in [-0.39, 0.29) is 18.2 Å². The largest absolute Gasteiger partial charge is 0.573 e. The first kappa shape index (κ1) is 17.6. The summed E-state index contributed by atoms with van der Waals surface area (Å²) in [4.78, 5) is 17.7. The maximum atomic E-state index is 12.3. The number of hydrogen-bond acceptors (Lipinski definition) is 4. The SMILES string of the molecule is COc1ccc(C(=O)N(C)Cc2ccc(OC(F)(F)F)cc2)cn1. The van der Waals surface area contributed by atoms with Gasteiger partial charge in [0, 0.05) is 25.9 Å². The van der Waals surface area contributed by atoms with Crippen molar-refractivity contribution >= 4 is 5.91 Å². The summed E-state index contributed by atoms with van der Waals surface area (Å²) in [5.74, 6) is -0.171. The highest BCUT2D eigenvalue weighted by molar-refractivity contribution is 5.93. The molecule has 0 fully saturated rings. The van der Waals surface area contributed by atoms with Gasteiger partial charge in [0.15, 0.2) is 0 Å². The van der Waals surface area contributed by atoms with Crippen LogP contribution in [0.15, 0.2) is 42.6 Å². The summed E-state index contributed by atoms with van der Waals surface area (Å²) in [6, 6.07) is 8.51. The molecular weight excluding hydrogens is 325 g/mol. The molecule has 0 bridgehead atoms. The van der Waals surface area contributed by atoms with Crippen molar-refractivity contribution in [3.05, 3.63) is 53.7 Å². The quantitative estimate of drug-likeness (QED) is 0.838. The highest BCUT2D eigenvalue weighted by Crippen LogP contribution is 2.23. The molecule has 1 aromatic heterocycles. The highest BCUT2D eigenvalue weighted by atomic mass is 19.4. The number of carbonyl (C=O) groups excluding carboxylic acids is 1. The fraction of sp³-hybridized carbons (Fsp3) is 0.250. The Kier molecular flexibility index (Phi) is 5.28. The van der Waals surface area contributed by atoms with Gasteiger partial charge in [-0.2, -0.15) is 0 Å².